The Morgan fingerprint density at radius 1 is 1.28 bits per heavy atom. The number of rotatable bonds is 7. The number of nitrogens with zero attached hydrogens (tertiary/aromatic N) is 3. The summed E-state index contributed by atoms with van der Waals surface area (Å²) in [5.41, 5.74) is 2.18. The van der Waals surface area contributed by atoms with E-state index in [0.717, 1.165) is 29.9 Å². The van der Waals surface area contributed by atoms with Crippen LogP contribution in [0.15, 0.2) is 30.5 Å². The van der Waals surface area contributed by atoms with Crippen LogP contribution in [0.4, 0.5) is 0 Å². The van der Waals surface area contributed by atoms with Gasteiger partial charge in [0.2, 0.25) is 12.7 Å². The number of carbonyl (C=O) groups excluding carboxylic acids is 1. The van der Waals surface area contributed by atoms with E-state index in [2.05, 4.69) is 35.6 Å². The molecule has 0 fully saturated rings. The summed E-state index contributed by atoms with van der Waals surface area (Å²) in [4.78, 5) is 21.9. The number of likely N-dealkylation sites (N-methyl/N-ethyl adjacent to an activating group) is 1. The average Bonchev–Trinajstić information content (AvgIpc) is 3.34. The Kier molecular flexibility index (Phi) is 8.34. The Hall–Kier alpha value is -3.28. The van der Waals surface area contributed by atoms with E-state index in [9.17, 15) is 9.90 Å². The van der Waals surface area contributed by atoms with Crippen molar-refractivity contribution in [2.45, 2.75) is 52.3 Å². The van der Waals surface area contributed by atoms with E-state index in [1.807, 2.05) is 32.2 Å². The number of ether oxygens (including phenoxy) is 3. The molecule has 3 atom stereocenters. The number of benzene rings is 1. The normalized spacial score (nSPS) is 19.6. The van der Waals surface area contributed by atoms with Crippen molar-refractivity contribution in [2.24, 2.45) is 5.92 Å². The fourth-order valence-corrected chi connectivity index (χ4v) is 4.40. The third-order valence-electron chi connectivity index (χ3n) is 6.51. The van der Waals surface area contributed by atoms with Gasteiger partial charge in [0, 0.05) is 43.7 Å². The highest BCUT2D eigenvalue weighted by Gasteiger charge is 2.34. The van der Waals surface area contributed by atoms with Gasteiger partial charge < -0.3 is 24.2 Å². The molecule has 0 saturated heterocycles. The summed E-state index contributed by atoms with van der Waals surface area (Å²) >= 11 is 0. The van der Waals surface area contributed by atoms with Gasteiger partial charge in [0.1, 0.15) is 11.7 Å². The van der Waals surface area contributed by atoms with Crippen molar-refractivity contribution in [3.63, 3.8) is 0 Å². The molecule has 2 aliphatic heterocycles. The highest BCUT2D eigenvalue weighted by Crippen LogP contribution is 2.33. The largest absolute Gasteiger partial charge is 0.472 e. The SMILES string of the molecule is CCCC#Cc1cnc2c(c1)C(=O)N([C@@H](C)CO)C[C@@H](C)[C@H](CN(C)Cc1ccc3c(c1)OCO3)O2. The molecule has 0 spiro atoms. The van der Waals surface area contributed by atoms with E-state index < -0.39 is 0 Å². The molecular formula is C28H35N3O5. The van der Waals surface area contributed by atoms with Crippen molar-refractivity contribution < 1.29 is 24.1 Å². The Balaban J connectivity index is 1.57. The van der Waals surface area contributed by atoms with Gasteiger partial charge in [-0.15, -0.1) is 0 Å². The van der Waals surface area contributed by atoms with Crippen LogP contribution in [0.3, 0.4) is 0 Å². The highest BCUT2D eigenvalue weighted by atomic mass is 16.7. The minimum absolute atomic E-state index is 0.0149. The second-order valence-corrected chi connectivity index (χ2v) is 9.64. The Morgan fingerprint density at radius 3 is 2.86 bits per heavy atom. The molecule has 0 bridgehead atoms. The zero-order valence-electron chi connectivity index (χ0n) is 21.5. The van der Waals surface area contributed by atoms with E-state index >= 15 is 0 Å². The molecule has 2 aromatic rings. The lowest BCUT2D eigenvalue weighted by Crippen LogP contribution is -2.49. The Morgan fingerprint density at radius 2 is 2.08 bits per heavy atom. The van der Waals surface area contributed by atoms with Crippen molar-refractivity contribution in [2.75, 3.05) is 33.5 Å². The van der Waals surface area contributed by atoms with Gasteiger partial charge in [-0.2, -0.15) is 0 Å². The maximum Gasteiger partial charge on any atom is 0.259 e. The van der Waals surface area contributed by atoms with E-state index in [1.54, 1.807) is 17.2 Å². The molecule has 2 aliphatic rings. The summed E-state index contributed by atoms with van der Waals surface area (Å²) in [7, 11) is 2.04. The van der Waals surface area contributed by atoms with Gasteiger partial charge in [0.15, 0.2) is 11.5 Å². The maximum absolute atomic E-state index is 13.5. The monoisotopic (exact) mass is 493 g/mol. The van der Waals surface area contributed by atoms with E-state index in [1.165, 1.54) is 0 Å². The zero-order valence-corrected chi connectivity index (χ0v) is 21.5. The van der Waals surface area contributed by atoms with E-state index in [0.29, 0.717) is 36.6 Å². The molecule has 3 heterocycles. The molecule has 192 valence electrons. The topological polar surface area (TPSA) is 84.4 Å². The minimum Gasteiger partial charge on any atom is -0.472 e. The summed E-state index contributed by atoms with van der Waals surface area (Å²) in [5.74, 6) is 7.86. The standard InChI is InChI=1S/C28H35N3O5/c1-5-6-7-8-21-11-23-27(29-13-21)36-26(19(2)14-31(28(23)33)20(3)17-32)16-30(4)15-22-9-10-24-25(12-22)35-18-34-24/h9-13,19-20,26,32H,5-6,14-18H2,1-4H3/t19-,20+,26+/m1/s1. The predicted molar refractivity (Wildman–Crippen MR) is 136 cm³/mol. The first-order valence-corrected chi connectivity index (χ1v) is 12.5. The minimum atomic E-state index is -0.326. The first-order valence-electron chi connectivity index (χ1n) is 12.5. The molecule has 1 aromatic heterocycles. The first-order chi connectivity index (χ1) is 17.4. The molecule has 0 radical (unpaired) electrons. The van der Waals surface area contributed by atoms with Crippen LogP contribution in [0, 0.1) is 17.8 Å². The smallest absolute Gasteiger partial charge is 0.259 e. The number of aromatic nitrogens is 1. The average molecular weight is 494 g/mol. The number of unbranched alkanes of at least 4 members (excludes halogenated alkanes) is 1. The van der Waals surface area contributed by atoms with Gasteiger partial charge in [-0.3, -0.25) is 9.69 Å². The summed E-state index contributed by atoms with van der Waals surface area (Å²) in [5, 5.41) is 9.85. The van der Waals surface area contributed by atoms with Crippen LogP contribution in [0.5, 0.6) is 17.4 Å². The number of hydrogen-bond donors (Lipinski definition) is 1. The summed E-state index contributed by atoms with van der Waals surface area (Å²) in [6.07, 6.45) is 3.20. The molecule has 8 nitrogen and oxygen atoms in total. The third kappa shape index (κ3) is 5.92. The van der Waals surface area contributed by atoms with Crippen molar-refractivity contribution in [3.05, 3.63) is 47.2 Å². The second kappa shape index (κ2) is 11.6. The molecule has 8 heteroatoms. The van der Waals surface area contributed by atoms with Crippen LogP contribution >= 0.6 is 0 Å². The molecular weight excluding hydrogens is 458 g/mol. The predicted octanol–water partition coefficient (Wildman–Crippen LogP) is 3.31. The van der Waals surface area contributed by atoms with Crippen molar-refractivity contribution in [1.29, 1.82) is 0 Å². The molecule has 1 amide bonds. The van der Waals surface area contributed by atoms with Gasteiger partial charge in [0.05, 0.1) is 12.6 Å². The fourth-order valence-electron chi connectivity index (χ4n) is 4.40. The number of pyridine rings is 1. The van der Waals surface area contributed by atoms with Crippen molar-refractivity contribution >= 4 is 5.91 Å². The van der Waals surface area contributed by atoms with Crippen LogP contribution in [0.25, 0.3) is 0 Å². The lowest BCUT2D eigenvalue weighted by atomic mass is 9.99. The van der Waals surface area contributed by atoms with Crippen LogP contribution in [-0.2, 0) is 6.54 Å². The van der Waals surface area contributed by atoms with Crippen molar-refractivity contribution in [3.8, 4) is 29.2 Å². The molecule has 36 heavy (non-hydrogen) atoms. The highest BCUT2D eigenvalue weighted by molar-refractivity contribution is 5.97. The lowest BCUT2D eigenvalue weighted by molar-refractivity contribution is 0.0325. The molecule has 1 aromatic carbocycles. The van der Waals surface area contributed by atoms with Crippen LogP contribution in [-0.4, -0.2) is 71.5 Å². The number of fused-ring (bicyclic) bond motifs is 2. The fraction of sp³-hybridized carbons (Fsp3) is 0.500. The first kappa shape index (κ1) is 25.8. The lowest BCUT2D eigenvalue weighted by Gasteiger charge is -2.37. The number of aliphatic hydroxyl groups is 1. The van der Waals surface area contributed by atoms with E-state index in [-0.39, 0.29) is 37.4 Å². The number of amides is 1. The Labute approximate surface area is 213 Å². The van der Waals surface area contributed by atoms with E-state index in [4.69, 9.17) is 14.2 Å². The number of aliphatic hydroxyl groups excluding tert-OH is 1. The van der Waals surface area contributed by atoms with Gasteiger partial charge in [-0.05, 0) is 44.2 Å². The van der Waals surface area contributed by atoms with Gasteiger partial charge in [-0.1, -0.05) is 31.8 Å². The van der Waals surface area contributed by atoms with Gasteiger partial charge in [0.25, 0.3) is 5.91 Å². The van der Waals surface area contributed by atoms with Crippen LogP contribution < -0.4 is 14.2 Å². The van der Waals surface area contributed by atoms with Gasteiger partial charge >= 0.3 is 0 Å². The third-order valence-corrected chi connectivity index (χ3v) is 6.51. The van der Waals surface area contributed by atoms with Crippen LogP contribution in [0.1, 0.15) is 55.1 Å². The summed E-state index contributed by atoms with van der Waals surface area (Å²) in [6.45, 7) is 7.92. The summed E-state index contributed by atoms with van der Waals surface area (Å²) < 4.78 is 17.3. The molecule has 4 rings (SSSR count). The quantitative estimate of drug-likeness (QED) is 0.593. The molecule has 0 unspecified atom stereocenters. The van der Waals surface area contributed by atoms with Crippen molar-refractivity contribution in [1.82, 2.24) is 14.8 Å². The van der Waals surface area contributed by atoms with Gasteiger partial charge in [-0.25, -0.2) is 4.98 Å². The molecule has 0 saturated carbocycles. The zero-order chi connectivity index (χ0) is 25.7. The Bertz CT molecular complexity index is 1140. The molecule has 0 aliphatic carbocycles. The number of hydrogen-bond acceptors (Lipinski definition) is 7. The maximum atomic E-state index is 13.5. The van der Waals surface area contributed by atoms with Crippen LogP contribution in [0.2, 0.25) is 0 Å². The second-order valence-electron chi connectivity index (χ2n) is 9.64. The summed E-state index contributed by atoms with van der Waals surface area (Å²) in [6, 6.07) is 7.40. The molecule has 1 N–H and O–H groups in total. The number of carbonyl (C=O) groups is 1.